The van der Waals surface area contributed by atoms with Crippen molar-refractivity contribution in [1.82, 2.24) is 4.98 Å². The van der Waals surface area contributed by atoms with E-state index in [1.807, 2.05) is 16.8 Å². The Labute approximate surface area is 110 Å². The van der Waals surface area contributed by atoms with Gasteiger partial charge in [-0.25, -0.2) is 0 Å². The van der Waals surface area contributed by atoms with E-state index in [0.29, 0.717) is 16.7 Å². The maximum Gasteiger partial charge on any atom is 0.311 e. The average molecular weight is 314 g/mol. The predicted octanol–water partition coefficient (Wildman–Crippen LogP) is 3.43. The smallest absolute Gasteiger partial charge is 0.311 e. The molecule has 2 aromatic heterocycles. The first-order valence-corrected chi connectivity index (χ1v) is 6.45. The van der Waals surface area contributed by atoms with Crippen molar-refractivity contribution in [3.63, 3.8) is 0 Å². The number of aromatic nitrogens is 1. The van der Waals surface area contributed by atoms with Crippen molar-refractivity contribution in [3.05, 3.63) is 49.4 Å². The molecule has 0 aromatic carbocycles. The molecule has 0 amide bonds. The number of hydrogen-bond acceptors (Lipinski definition) is 5. The SMILES string of the molecule is O=[N+]([O-])c1cncc(Br)c1NCc1ccsc1. The van der Waals surface area contributed by atoms with Crippen LogP contribution in [0.2, 0.25) is 0 Å². The summed E-state index contributed by atoms with van der Waals surface area (Å²) in [4.78, 5) is 14.2. The van der Waals surface area contributed by atoms with Gasteiger partial charge in [0.05, 0.1) is 9.40 Å². The van der Waals surface area contributed by atoms with E-state index in [2.05, 4.69) is 26.2 Å². The second-order valence-electron chi connectivity index (χ2n) is 3.26. The van der Waals surface area contributed by atoms with Crippen molar-refractivity contribution in [2.24, 2.45) is 0 Å². The highest BCUT2D eigenvalue weighted by molar-refractivity contribution is 9.10. The Balaban J connectivity index is 2.22. The topological polar surface area (TPSA) is 68.1 Å². The zero-order valence-electron chi connectivity index (χ0n) is 8.59. The van der Waals surface area contributed by atoms with Crippen LogP contribution in [0.25, 0.3) is 0 Å². The largest absolute Gasteiger partial charge is 0.374 e. The summed E-state index contributed by atoms with van der Waals surface area (Å²) in [6.07, 6.45) is 2.77. The third-order valence-electron chi connectivity index (χ3n) is 2.13. The summed E-state index contributed by atoms with van der Waals surface area (Å²) in [5.41, 5.74) is 1.51. The molecule has 0 aliphatic carbocycles. The van der Waals surface area contributed by atoms with Crippen LogP contribution in [0.1, 0.15) is 5.56 Å². The number of nitrogens with zero attached hydrogens (tertiary/aromatic N) is 2. The lowest BCUT2D eigenvalue weighted by atomic mass is 10.3. The molecule has 0 aliphatic rings. The second kappa shape index (κ2) is 5.24. The number of rotatable bonds is 4. The summed E-state index contributed by atoms with van der Waals surface area (Å²) in [5.74, 6) is 0. The monoisotopic (exact) mass is 313 g/mol. The number of thiophene rings is 1. The third kappa shape index (κ3) is 2.80. The first-order chi connectivity index (χ1) is 8.18. The van der Waals surface area contributed by atoms with Crippen molar-refractivity contribution in [2.75, 3.05) is 5.32 Å². The fraction of sp³-hybridized carbons (Fsp3) is 0.100. The molecular formula is C10H8BrN3O2S. The van der Waals surface area contributed by atoms with E-state index in [-0.39, 0.29) is 5.69 Å². The van der Waals surface area contributed by atoms with Crippen LogP contribution in [0.4, 0.5) is 11.4 Å². The van der Waals surface area contributed by atoms with Gasteiger partial charge in [-0.1, -0.05) is 0 Å². The summed E-state index contributed by atoms with van der Waals surface area (Å²) >= 11 is 4.84. The Morgan fingerprint density at radius 1 is 1.53 bits per heavy atom. The molecule has 17 heavy (non-hydrogen) atoms. The fourth-order valence-electron chi connectivity index (χ4n) is 1.32. The normalized spacial score (nSPS) is 10.2. The third-order valence-corrected chi connectivity index (χ3v) is 3.46. The van der Waals surface area contributed by atoms with Gasteiger partial charge in [-0.15, -0.1) is 0 Å². The van der Waals surface area contributed by atoms with Crippen LogP contribution in [0.15, 0.2) is 33.7 Å². The van der Waals surface area contributed by atoms with Crippen LogP contribution in [0.5, 0.6) is 0 Å². The molecule has 0 bridgehead atoms. The number of anilines is 1. The van der Waals surface area contributed by atoms with Crippen LogP contribution in [-0.4, -0.2) is 9.91 Å². The van der Waals surface area contributed by atoms with Gasteiger partial charge in [0, 0.05) is 12.7 Å². The van der Waals surface area contributed by atoms with Gasteiger partial charge in [0.2, 0.25) is 0 Å². The molecule has 2 rings (SSSR count). The quantitative estimate of drug-likeness (QED) is 0.693. The maximum absolute atomic E-state index is 10.8. The Kier molecular flexibility index (Phi) is 3.70. The van der Waals surface area contributed by atoms with Gasteiger partial charge in [0.1, 0.15) is 11.9 Å². The van der Waals surface area contributed by atoms with Crippen LogP contribution in [-0.2, 0) is 6.54 Å². The maximum atomic E-state index is 10.8. The van der Waals surface area contributed by atoms with Gasteiger partial charge >= 0.3 is 5.69 Å². The molecule has 2 heterocycles. The summed E-state index contributed by atoms with van der Waals surface area (Å²) in [6.45, 7) is 0.549. The van der Waals surface area contributed by atoms with Crippen molar-refractivity contribution in [3.8, 4) is 0 Å². The van der Waals surface area contributed by atoms with Crippen molar-refractivity contribution >= 4 is 38.6 Å². The molecular weight excluding hydrogens is 306 g/mol. The molecule has 0 radical (unpaired) electrons. The zero-order valence-corrected chi connectivity index (χ0v) is 11.0. The van der Waals surface area contributed by atoms with Crippen molar-refractivity contribution in [1.29, 1.82) is 0 Å². The Bertz CT molecular complexity index is 530. The van der Waals surface area contributed by atoms with Gasteiger partial charge in [0.15, 0.2) is 0 Å². The van der Waals surface area contributed by atoms with Gasteiger partial charge < -0.3 is 5.32 Å². The van der Waals surface area contributed by atoms with E-state index in [1.54, 1.807) is 11.3 Å². The minimum absolute atomic E-state index is 0.0328. The minimum Gasteiger partial charge on any atom is -0.374 e. The van der Waals surface area contributed by atoms with E-state index in [1.165, 1.54) is 12.4 Å². The van der Waals surface area contributed by atoms with E-state index < -0.39 is 4.92 Å². The molecule has 88 valence electrons. The highest BCUT2D eigenvalue weighted by atomic mass is 79.9. The molecule has 0 saturated carbocycles. The second-order valence-corrected chi connectivity index (χ2v) is 4.89. The highest BCUT2D eigenvalue weighted by Gasteiger charge is 2.16. The fourth-order valence-corrected chi connectivity index (χ4v) is 2.45. The molecule has 0 saturated heterocycles. The molecule has 5 nitrogen and oxygen atoms in total. The number of nitro groups is 1. The standard InChI is InChI=1S/C10H8BrN3O2S/c11-8-4-12-5-9(14(15)16)10(8)13-3-7-1-2-17-6-7/h1-2,4-6H,3H2,(H,12,13). The first kappa shape index (κ1) is 12.0. The average Bonchev–Trinajstić information content (AvgIpc) is 2.80. The van der Waals surface area contributed by atoms with Crippen LogP contribution >= 0.6 is 27.3 Å². The number of halogens is 1. The summed E-state index contributed by atoms with van der Waals surface area (Å²) < 4.78 is 0.585. The van der Waals surface area contributed by atoms with Crippen molar-refractivity contribution < 1.29 is 4.92 Å². The van der Waals surface area contributed by atoms with Gasteiger partial charge in [0.25, 0.3) is 0 Å². The molecule has 0 fully saturated rings. The summed E-state index contributed by atoms with van der Waals surface area (Å²) in [7, 11) is 0. The Morgan fingerprint density at radius 2 is 2.35 bits per heavy atom. The predicted molar refractivity (Wildman–Crippen MR) is 70.2 cm³/mol. The van der Waals surface area contributed by atoms with E-state index in [9.17, 15) is 10.1 Å². The lowest BCUT2D eigenvalue weighted by molar-refractivity contribution is -0.384. The van der Waals surface area contributed by atoms with Crippen LogP contribution < -0.4 is 5.32 Å². The Hall–Kier alpha value is -1.47. The number of nitrogens with one attached hydrogen (secondary N) is 1. The molecule has 0 atom stereocenters. The van der Waals surface area contributed by atoms with Crippen molar-refractivity contribution in [2.45, 2.75) is 6.54 Å². The first-order valence-electron chi connectivity index (χ1n) is 4.71. The van der Waals surface area contributed by atoms with Gasteiger partial charge in [-0.3, -0.25) is 15.1 Å². The number of hydrogen-bond donors (Lipinski definition) is 1. The van der Waals surface area contributed by atoms with Crippen LogP contribution in [0.3, 0.4) is 0 Å². The van der Waals surface area contributed by atoms with Gasteiger partial charge in [-0.05, 0) is 38.3 Å². The number of pyridine rings is 1. The van der Waals surface area contributed by atoms with E-state index >= 15 is 0 Å². The summed E-state index contributed by atoms with van der Waals surface area (Å²) in [5, 5.41) is 17.8. The molecule has 1 N–H and O–H groups in total. The molecule has 0 spiro atoms. The highest BCUT2D eigenvalue weighted by Crippen LogP contribution is 2.31. The van der Waals surface area contributed by atoms with Crippen LogP contribution in [0, 0.1) is 10.1 Å². The molecule has 7 heteroatoms. The lowest BCUT2D eigenvalue weighted by Gasteiger charge is -2.07. The molecule has 0 aliphatic heterocycles. The lowest BCUT2D eigenvalue weighted by Crippen LogP contribution is -2.03. The summed E-state index contributed by atoms with van der Waals surface area (Å²) in [6, 6.07) is 1.97. The zero-order chi connectivity index (χ0) is 12.3. The van der Waals surface area contributed by atoms with Gasteiger partial charge in [-0.2, -0.15) is 11.3 Å². The molecule has 2 aromatic rings. The molecule has 0 unspecified atom stereocenters. The van der Waals surface area contributed by atoms with E-state index in [4.69, 9.17) is 0 Å². The van der Waals surface area contributed by atoms with E-state index in [0.717, 1.165) is 5.56 Å². The minimum atomic E-state index is -0.451. The Morgan fingerprint density at radius 3 is 3.00 bits per heavy atom.